The van der Waals surface area contributed by atoms with E-state index in [0.29, 0.717) is 18.4 Å². The molecule has 4 N–H and O–H groups in total. The predicted molar refractivity (Wildman–Crippen MR) is 110 cm³/mol. The topological polar surface area (TPSA) is 99.4 Å². The van der Waals surface area contributed by atoms with Gasteiger partial charge in [-0.1, -0.05) is 13.0 Å². The lowest BCUT2D eigenvalue weighted by molar-refractivity contribution is -0.0167. The molecule has 2 aliphatic carbocycles. The first-order valence-corrected chi connectivity index (χ1v) is 10.2. The molecule has 4 atom stereocenters. The Morgan fingerprint density at radius 2 is 2.07 bits per heavy atom. The lowest BCUT2D eigenvalue weighted by Crippen LogP contribution is -2.61. The van der Waals surface area contributed by atoms with Gasteiger partial charge >= 0.3 is 0 Å². The Kier molecular flexibility index (Phi) is 3.64. The number of primary amides is 1. The molecule has 1 aliphatic heterocycles. The number of carbonyl (C=O) groups excluding carboxylic acids is 1. The van der Waals surface area contributed by atoms with Crippen molar-refractivity contribution in [2.45, 2.75) is 44.6 Å². The van der Waals surface area contributed by atoms with Crippen LogP contribution in [0.2, 0.25) is 0 Å². The largest absolute Gasteiger partial charge is 0.508 e. The summed E-state index contributed by atoms with van der Waals surface area (Å²) in [6.45, 7) is 5.51. The van der Waals surface area contributed by atoms with Crippen LogP contribution in [0.4, 0.5) is 0 Å². The number of amides is 1. The van der Waals surface area contributed by atoms with Gasteiger partial charge in [0.1, 0.15) is 11.3 Å². The molecule has 1 saturated heterocycles. The number of fused-ring (bicyclic) bond motifs is 4. The minimum atomic E-state index is -0.690. The fraction of sp³-hybridized carbons (Fsp3) is 0.478. The molecule has 6 nitrogen and oxygen atoms in total. The van der Waals surface area contributed by atoms with Crippen LogP contribution in [0.1, 0.15) is 46.1 Å². The second-order valence-corrected chi connectivity index (χ2v) is 9.58. The molecule has 2 fully saturated rings. The van der Waals surface area contributed by atoms with Crippen LogP contribution < -0.4 is 11.3 Å². The van der Waals surface area contributed by atoms with Gasteiger partial charge in [-0.25, -0.2) is 0 Å². The normalized spacial score (nSPS) is 32.8. The zero-order valence-electron chi connectivity index (χ0n) is 17.1. The van der Waals surface area contributed by atoms with Crippen LogP contribution in [0.15, 0.2) is 29.1 Å². The molecular weight excluding hydrogens is 366 g/mol. The number of pyridine rings is 1. The summed E-state index contributed by atoms with van der Waals surface area (Å²) >= 11 is 0. The Labute approximate surface area is 169 Å². The van der Waals surface area contributed by atoms with Gasteiger partial charge in [0.25, 0.3) is 11.5 Å². The molecule has 1 amide bonds. The molecule has 1 aromatic carbocycles. The minimum Gasteiger partial charge on any atom is -0.508 e. The number of nitrogens with one attached hydrogen (secondary N) is 1. The number of phenolic OH excluding ortho intramolecular Hbond substituents is 1. The maximum absolute atomic E-state index is 12.5. The molecule has 3 aliphatic rings. The summed E-state index contributed by atoms with van der Waals surface area (Å²) in [4.78, 5) is 29.6. The van der Waals surface area contributed by atoms with E-state index >= 15 is 0 Å². The Balaban J connectivity index is 1.75. The molecule has 0 spiro atoms. The summed E-state index contributed by atoms with van der Waals surface area (Å²) in [6, 6.07) is 7.77. The number of hydrogen-bond donors (Lipinski definition) is 3. The smallest absolute Gasteiger partial charge is 0.261 e. The number of aryl methyl sites for hydroxylation is 1. The van der Waals surface area contributed by atoms with E-state index in [9.17, 15) is 14.7 Å². The van der Waals surface area contributed by atoms with Gasteiger partial charge in [0.15, 0.2) is 0 Å². The fourth-order valence-electron chi connectivity index (χ4n) is 6.95. The van der Waals surface area contributed by atoms with E-state index in [4.69, 9.17) is 5.73 Å². The van der Waals surface area contributed by atoms with Gasteiger partial charge in [0.2, 0.25) is 0 Å². The number of nitrogens with two attached hydrogens (primary N) is 1. The summed E-state index contributed by atoms with van der Waals surface area (Å²) < 4.78 is 0. The summed E-state index contributed by atoms with van der Waals surface area (Å²) in [5.41, 5.74) is 9.03. The summed E-state index contributed by atoms with van der Waals surface area (Å²) in [7, 11) is 2.18. The summed E-state index contributed by atoms with van der Waals surface area (Å²) in [6.07, 6.45) is 2.49. The van der Waals surface area contributed by atoms with E-state index in [1.807, 2.05) is 12.1 Å². The van der Waals surface area contributed by atoms with Gasteiger partial charge in [0, 0.05) is 23.7 Å². The van der Waals surface area contributed by atoms with E-state index in [1.165, 1.54) is 5.56 Å². The third-order valence-electron chi connectivity index (χ3n) is 8.05. The van der Waals surface area contributed by atoms with Crippen LogP contribution in [-0.2, 0) is 18.3 Å². The molecule has 29 heavy (non-hydrogen) atoms. The predicted octanol–water partition coefficient (Wildman–Crippen LogP) is 1.86. The van der Waals surface area contributed by atoms with Gasteiger partial charge in [-0.2, -0.15) is 0 Å². The van der Waals surface area contributed by atoms with Gasteiger partial charge < -0.3 is 20.7 Å². The number of rotatable bonds is 2. The van der Waals surface area contributed by atoms with Crippen molar-refractivity contribution in [2.24, 2.45) is 17.1 Å². The third kappa shape index (κ3) is 2.26. The van der Waals surface area contributed by atoms with Crippen LogP contribution >= 0.6 is 0 Å². The number of likely N-dealkylation sites (tertiary alicyclic amines) is 1. The molecule has 2 aromatic rings. The Bertz CT molecular complexity index is 1110. The van der Waals surface area contributed by atoms with Crippen LogP contribution in [0.3, 0.4) is 0 Å². The van der Waals surface area contributed by atoms with E-state index in [2.05, 4.69) is 30.8 Å². The lowest BCUT2D eigenvalue weighted by Gasteiger charge is -2.55. The van der Waals surface area contributed by atoms with E-state index in [-0.39, 0.29) is 22.1 Å². The molecule has 0 bridgehead atoms. The van der Waals surface area contributed by atoms with Crippen LogP contribution in [-0.4, -0.2) is 40.5 Å². The van der Waals surface area contributed by atoms with Crippen molar-refractivity contribution in [3.8, 4) is 5.75 Å². The zero-order valence-corrected chi connectivity index (χ0v) is 17.1. The van der Waals surface area contributed by atoms with Gasteiger partial charge in [-0.15, -0.1) is 0 Å². The lowest BCUT2D eigenvalue weighted by atomic mass is 9.53. The molecule has 152 valence electrons. The molecule has 6 heteroatoms. The van der Waals surface area contributed by atoms with Gasteiger partial charge in [-0.3, -0.25) is 9.59 Å². The van der Waals surface area contributed by atoms with E-state index in [0.717, 1.165) is 36.2 Å². The Morgan fingerprint density at radius 1 is 1.31 bits per heavy atom. The number of carbonyl (C=O) groups is 1. The van der Waals surface area contributed by atoms with Gasteiger partial charge in [0.05, 0.1) is 0 Å². The molecule has 4 unspecified atom stereocenters. The monoisotopic (exact) mass is 393 g/mol. The minimum absolute atomic E-state index is 0.0323. The number of benzene rings is 1. The van der Waals surface area contributed by atoms with E-state index in [1.54, 1.807) is 12.1 Å². The zero-order chi connectivity index (χ0) is 20.7. The third-order valence-corrected chi connectivity index (χ3v) is 8.05. The van der Waals surface area contributed by atoms with Crippen molar-refractivity contribution in [1.82, 2.24) is 9.88 Å². The maximum atomic E-state index is 12.5. The highest BCUT2D eigenvalue weighted by Crippen LogP contribution is 2.66. The van der Waals surface area contributed by atoms with Crippen LogP contribution in [0, 0.1) is 18.3 Å². The second kappa shape index (κ2) is 5.72. The molecular formula is C23H27N3O3. The van der Waals surface area contributed by atoms with Crippen molar-refractivity contribution >= 4 is 5.91 Å². The SMILES string of the molecule is Cc1ccc(O)cc1C12Cc3[nH]c(=O)c(C(N)=O)cc3CC1(C)C1C(CN1C)C2. The first-order valence-electron chi connectivity index (χ1n) is 10.2. The van der Waals surface area contributed by atoms with Crippen molar-refractivity contribution in [3.05, 3.63) is 62.6 Å². The van der Waals surface area contributed by atoms with Crippen LogP contribution in [0.5, 0.6) is 5.75 Å². The molecule has 1 saturated carbocycles. The summed E-state index contributed by atoms with van der Waals surface area (Å²) in [5.74, 6) is 0.173. The number of aromatic nitrogens is 1. The average molecular weight is 393 g/mol. The number of nitrogens with zero attached hydrogens (tertiary/aromatic N) is 1. The van der Waals surface area contributed by atoms with Crippen molar-refractivity contribution in [1.29, 1.82) is 0 Å². The fourth-order valence-corrected chi connectivity index (χ4v) is 6.95. The maximum Gasteiger partial charge on any atom is 0.261 e. The molecule has 5 rings (SSSR count). The van der Waals surface area contributed by atoms with Crippen molar-refractivity contribution in [2.75, 3.05) is 13.6 Å². The van der Waals surface area contributed by atoms with Crippen molar-refractivity contribution < 1.29 is 9.90 Å². The van der Waals surface area contributed by atoms with Gasteiger partial charge in [-0.05, 0) is 79.5 Å². The molecule has 1 aromatic heterocycles. The standard InChI is InChI=1S/C23H27N3O3/c1-12-4-5-15(27)7-17(12)23-9-14-11-26(3)19(14)22(23,2)8-13-6-16(20(24)28)21(29)25-18(13)10-23/h4-7,14,19,27H,8-11H2,1-3H3,(H2,24,28)(H,25,29). The number of aromatic amines is 1. The average Bonchev–Trinajstić information content (AvgIpc) is 2.83. The quantitative estimate of drug-likeness (QED) is 0.725. The number of hydrogen-bond acceptors (Lipinski definition) is 4. The second-order valence-electron chi connectivity index (χ2n) is 9.58. The van der Waals surface area contributed by atoms with Crippen molar-refractivity contribution in [3.63, 3.8) is 0 Å². The Morgan fingerprint density at radius 3 is 2.76 bits per heavy atom. The molecule has 0 radical (unpaired) electrons. The highest BCUT2D eigenvalue weighted by Gasteiger charge is 2.67. The summed E-state index contributed by atoms with van der Waals surface area (Å²) in [5, 5.41) is 10.3. The van der Waals surface area contributed by atoms with E-state index < -0.39 is 11.5 Å². The Hall–Kier alpha value is -2.60. The highest BCUT2D eigenvalue weighted by atomic mass is 16.3. The number of H-pyrrole nitrogens is 1. The number of phenols is 1. The molecule has 2 heterocycles. The first kappa shape index (κ1) is 18.4. The first-order chi connectivity index (χ1) is 13.7. The number of aromatic hydroxyl groups is 1. The van der Waals surface area contributed by atoms with Crippen LogP contribution in [0.25, 0.3) is 0 Å². The highest BCUT2D eigenvalue weighted by molar-refractivity contribution is 5.92.